The molecule has 1 saturated carbocycles. The molecule has 0 saturated heterocycles. The zero-order chi connectivity index (χ0) is 15.6. The average molecular weight is 318 g/mol. The lowest BCUT2D eigenvalue weighted by Crippen LogP contribution is -2.30. The number of pyridine rings is 1. The van der Waals surface area contributed by atoms with Gasteiger partial charge in [-0.1, -0.05) is 12.1 Å². The molecule has 2 aromatic rings. The van der Waals surface area contributed by atoms with Gasteiger partial charge in [0.1, 0.15) is 10.6 Å². The molecule has 0 spiro atoms. The Morgan fingerprint density at radius 1 is 1.23 bits per heavy atom. The third-order valence-electron chi connectivity index (χ3n) is 3.80. The predicted molar refractivity (Wildman–Crippen MR) is 83.0 cm³/mol. The van der Waals surface area contributed by atoms with Crippen molar-refractivity contribution in [1.82, 2.24) is 9.71 Å². The first-order chi connectivity index (χ1) is 10.6. The molecule has 0 radical (unpaired) electrons. The second kappa shape index (κ2) is 6.06. The van der Waals surface area contributed by atoms with E-state index in [2.05, 4.69) is 9.71 Å². The molecule has 0 unspecified atom stereocenters. The summed E-state index contributed by atoms with van der Waals surface area (Å²) < 4.78 is 33.0. The Hall–Kier alpha value is -1.92. The molecule has 1 aliphatic carbocycles. The minimum Gasteiger partial charge on any atom is -0.497 e. The summed E-state index contributed by atoms with van der Waals surface area (Å²) in [6.07, 6.45) is 4.99. The normalized spacial score (nSPS) is 16.2. The molecule has 1 N–H and O–H groups in total. The van der Waals surface area contributed by atoms with E-state index in [9.17, 15) is 8.42 Å². The first-order valence-corrected chi connectivity index (χ1v) is 8.65. The molecule has 3 rings (SSSR count). The highest BCUT2D eigenvalue weighted by Crippen LogP contribution is 2.42. The van der Waals surface area contributed by atoms with E-state index in [1.54, 1.807) is 25.4 Å². The van der Waals surface area contributed by atoms with Crippen molar-refractivity contribution in [3.8, 4) is 5.75 Å². The molecule has 1 aromatic carbocycles. The Morgan fingerprint density at radius 3 is 2.50 bits per heavy atom. The molecule has 22 heavy (non-hydrogen) atoms. The lowest BCUT2D eigenvalue weighted by atomic mass is 10.0. The van der Waals surface area contributed by atoms with Crippen LogP contribution in [0.5, 0.6) is 5.75 Å². The number of benzene rings is 1. The molecule has 1 aromatic heterocycles. The van der Waals surface area contributed by atoms with Crippen molar-refractivity contribution in [2.24, 2.45) is 5.92 Å². The maximum atomic E-state index is 12.5. The van der Waals surface area contributed by atoms with Crippen molar-refractivity contribution >= 4 is 10.0 Å². The van der Waals surface area contributed by atoms with Crippen molar-refractivity contribution in [2.45, 2.75) is 23.8 Å². The summed E-state index contributed by atoms with van der Waals surface area (Å²) in [4.78, 5) is 4.07. The Labute approximate surface area is 130 Å². The van der Waals surface area contributed by atoms with Crippen LogP contribution in [0.15, 0.2) is 53.7 Å². The summed E-state index contributed by atoms with van der Waals surface area (Å²) >= 11 is 0. The van der Waals surface area contributed by atoms with Gasteiger partial charge in [0.25, 0.3) is 0 Å². The number of nitrogens with one attached hydrogen (secondary N) is 1. The van der Waals surface area contributed by atoms with Gasteiger partial charge in [0, 0.05) is 18.4 Å². The number of methoxy groups -OCH3 is 1. The topological polar surface area (TPSA) is 68.3 Å². The van der Waals surface area contributed by atoms with Crippen LogP contribution in [0.1, 0.15) is 24.4 Å². The monoisotopic (exact) mass is 318 g/mol. The second-order valence-corrected chi connectivity index (χ2v) is 7.11. The first kappa shape index (κ1) is 15.0. The van der Waals surface area contributed by atoms with Crippen LogP contribution in [0, 0.1) is 5.92 Å². The predicted octanol–water partition coefficient (Wildman–Crippen LogP) is 2.52. The van der Waals surface area contributed by atoms with Crippen molar-refractivity contribution < 1.29 is 13.2 Å². The summed E-state index contributed by atoms with van der Waals surface area (Å²) in [6, 6.07) is 10.5. The van der Waals surface area contributed by atoms with Gasteiger partial charge in [-0.3, -0.25) is 4.98 Å². The second-order valence-electron chi connectivity index (χ2n) is 5.40. The van der Waals surface area contributed by atoms with E-state index in [1.165, 1.54) is 6.20 Å². The lowest BCUT2D eigenvalue weighted by Gasteiger charge is -2.19. The molecule has 1 heterocycles. The minimum absolute atomic E-state index is 0.189. The van der Waals surface area contributed by atoms with Crippen LogP contribution in [0.25, 0.3) is 0 Å². The molecule has 0 aliphatic heterocycles. The van der Waals surface area contributed by atoms with Gasteiger partial charge >= 0.3 is 0 Å². The third-order valence-corrected chi connectivity index (χ3v) is 5.22. The molecular formula is C16H18N2O3S. The summed E-state index contributed by atoms with van der Waals surface area (Å²) in [5.41, 5.74) is 0.954. The van der Waals surface area contributed by atoms with Crippen molar-refractivity contribution in [3.63, 3.8) is 0 Å². The van der Waals surface area contributed by atoms with Gasteiger partial charge in [0.15, 0.2) is 0 Å². The summed E-state index contributed by atoms with van der Waals surface area (Å²) in [6.45, 7) is 0. The molecule has 1 aliphatic rings. The number of nitrogens with zero attached hydrogens (tertiary/aromatic N) is 1. The fourth-order valence-corrected chi connectivity index (χ4v) is 3.67. The van der Waals surface area contributed by atoms with Crippen molar-refractivity contribution in [1.29, 1.82) is 0 Å². The molecular weight excluding hydrogens is 300 g/mol. The quantitative estimate of drug-likeness (QED) is 0.888. The third kappa shape index (κ3) is 3.28. The van der Waals surface area contributed by atoms with Gasteiger partial charge in [0.05, 0.1) is 7.11 Å². The van der Waals surface area contributed by atoms with E-state index in [1.807, 2.05) is 24.3 Å². The molecule has 116 valence electrons. The zero-order valence-corrected chi connectivity index (χ0v) is 13.1. The highest BCUT2D eigenvalue weighted by molar-refractivity contribution is 7.89. The molecule has 5 nitrogen and oxygen atoms in total. The van der Waals surface area contributed by atoms with Gasteiger partial charge in [-0.05, 0) is 48.6 Å². The van der Waals surface area contributed by atoms with Gasteiger partial charge in [0.2, 0.25) is 10.0 Å². The van der Waals surface area contributed by atoms with Crippen molar-refractivity contribution in [2.75, 3.05) is 7.11 Å². The average Bonchev–Trinajstić information content (AvgIpc) is 3.38. The number of aromatic nitrogens is 1. The summed E-state index contributed by atoms with van der Waals surface area (Å²) in [7, 11) is -1.96. The van der Waals surface area contributed by atoms with Crippen LogP contribution < -0.4 is 9.46 Å². The van der Waals surface area contributed by atoms with Gasteiger partial charge in [-0.25, -0.2) is 13.1 Å². The zero-order valence-electron chi connectivity index (χ0n) is 12.3. The van der Waals surface area contributed by atoms with E-state index < -0.39 is 10.0 Å². The highest BCUT2D eigenvalue weighted by Gasteiger charge is 2.35. The number of ether oxygens (including phenoxy) is 1. The smallest absolute Gasteiger partial charge is 0.242 e. The van der Waals surface area contributed by atoms with E-state index in [0.717, 1.165) is 24.2 Å². The molecule has 0 amide bonds. The number of sulfonamides is 1. The number of rotatable bonds is 6. The largest absolute Gasteiger partial charge is 0.497 e. The van der Waals surface area contributed by atoms with Crippen LogP contribution in [0.4, 0.5) is 0 Å². The van der Waals surface area contributed by atoms with E-state index in [-0.39, 0.29) is 10.9 Å². The van der Waals surface area contributed by atoms with Gasteiger partial charge in [-0.15, -0.1) is 0 Å². The molecule has 6 heteroatoms. The number of hydrogen-bond acceptors (Lipinski definition) is 4. The molecule has 1 fully saturated rings. The van der Waals surface area contributed by atoms with Crippen LogP contribution in [0.2, 0.25) is 0 Å². The maximum Gasteiger partial charge on any atom is 0.242 e. The molecule has 0 bridgehead atoms. The van der Waals surface area contributed by atoms with Crippen LogP contribution in [-0.4, -0.2) is 20.5 Å². The van der Waals surface area contributed by atoms with Crippen molar-refractivity contribution in [3.05, 3.63) is 54.4 Å². The van der Waals surface area contributed by atoms with Gasteiger partial charge < -0.3 is 4.74 Å². The van der Waals surface area contributed by atoms with Crippen LogP contribution in [0.3, 0.4) is 0 Å². The SMILES string of the molecule is COc1ccc([C@@H](NS(=O)(=O)c2cccnc2)C2CC2)cc1. The fraction of sp³-hybridized carbons (Fsp3) is 0.312. The minimum atomic E-state index is -3.57. The standard InChI is InChI=1S/C16H18N2O3S/c1-21-14-8-6-13(7-9-14)16(12-4-5-12)18-22(19,20)15-3-2-10-17-11-15/h2-3,6-12,16,18H,4-5H2,1H3/t16-/m0/s1. The lowest BCUT2D eigenvalue weighted by molar-refractivity contribution is 0.414. The van der Waals surface area contributed by atoms with Crippen LogP contribution in [-0.2, 0) is 10.0 Å². The van der Waals surface area contributed by atoms with Crippen LogP contribution >= 0.6 is 0 Å². The Balaban J connectivity index is 1.86. The van der Waals surface area contributed by atoms with E-state index in [4.69, 9.17) is 4.74 Å². The summed E-state index contributed by atoms with van der Waals surface area (Å²) in [5.74, 6) is 1.10. The Kier molecular flexibility index (Phi) is 4.13. The van der Waals surface area contributed by atoms with E-state index in [0.29, 0.717) is 5.92 Å². The molecule has 1 atom stereocenters. The highest BCUT2D eigenvalue weighted by atomic mass is 32.2. The fourth-order valence-electron chi connectivity index (χ4n) is 2.42. The van der Waals surface area contributed by atoms with Gasteiger partial charge in [-0.2, -0.15) is 0 Å². The summed E-state index contributed by atoms with van der Waals surface area (Å²) in [5, 5.41) is 0. The Bertz CT molecular complexity index is 726. The van der Waals surface area contributed by atoms with E-state index >= 15 is 0 Å². The first-order valence-electron chi connectivity index (χ1n) is 7.16. The Morgan fingerprint density at radius 2 is 1.95 bits per heavy atom. The number of hydrogen-bond donors (Lipinski definition) is 1. The maximum absolute atomic E-state index is 12.5.